The van der Waals surface area contributed by atoms with Crippen LogP contribution >= 0.6 is 0 Å². The summed E-state index contributed by atoms with van der Waals surface area (Å²) in [4.78, 5) is 18.1. The quantitative estimate of drug-likeness (QED) is 0.181. The molecule has 0 saturated carbocycles. The second-order valence-corrected chi connectivity index (χ2v) is 13.4. The number of pyridine rings is 1. The average molecular weight is 696 g/mol. The van der Waals surface area contributed by atoms with E-state index in [2.05, 4.69) is 20.8 Å². The predicted octanol–water partition coefficient (Wildman–Crippen LogP) is 6.57. The SMILES string of the molecule is C#Cc1c(F)ccc2cc(OCc3ccc(O)cc3)cc(-c3ncc4c(N5CCCOCC5)nc(OC[C@@]56CCCN5C[C@H](F)C6)nc4c3F)c12. The molecule has 8 rings (SSSR count). The van der Waals surface area contributed by atoms with E-state index in [9.17, 15) is 9.50 Å². The monoisotopic (exact) mass is 695 g/mol. The third-order valence-corrected chi connectivity index (χ3v) is 10.2. The van der Waals surface area contributed by atoms with Crippen molar-refractivity contribution in [2.45, 2.75) is 44.0 Å². The first-order valence-corrected chi connectivity index (χ1v) is 17.2. The molecule has 0 spiro atoms. The molecule has 3 fully saturated rings. The number of aromatic hydroxyl groups is 1. The van der Waals surface area contributed by atoms with Crippen molar-refractivity contribution in [3.8, 4) is 41.1 Å². The van der Waals surface area contributed by atoms with Crippen molar-refractivity contribution in [1.29, 1.82) is 0 Å². The lowest BCUT2D eigenvalue weighted by Gasteiger charge is -2.31. The summed E-state index contributed by atoms with van der Waals surface area (Å²) in [6, 6.07) is 12.7. The maximum atomic E-state index is 17.1. The number of benzene rings is 3. The van der Waals surface area contributed by atoms with Gasteiger partial charge >= 0.3 is 6.01 Å². The lowest BCUT2D eigenvalue weighted by molar-refractivity contribution is 0.107. The van der Waals surface area contributed by atoms with Crippen LogP contribution in [0, 0.1) is 24.0 Å². The Labute approximate surface area is 293 Å². The van der Waals surface area contributed by atoms with Gasteiger partial charge in [0.15, 0.2) is 5.82 Å². The molecular formula is C39H36F3N5O4. The molecule has 3 aliphatic heterocycles. The number of hydrogen-bond donors (Lipinski definition) is 1. The Balaban J connectivity index is 1.25. The molecule has 1 N–H and O–H groups in total. The van der Waals surface area contributed by atoms with Crippen LogP contribution in [0.15, 0.2) is 54.7 Å². The zero-order valence-electron chi connectivity index (χ0n) is 27.9. The number of alkyl halides is 1. The Morgan fingerprint density at radius 1 is 1.02 bits per heavy atom. The Morgan fingerprint density at radius 3 is 2.73 bits per heavy atom. The fraction of sp³-hybridized carbons (Fsp3) is 0.359. The van der Waals surface area contributed by atoms with Gasteiger partial charge in [0.1, 0.15) is 53.7 Å². The standard InChI is InChI=1S/C39H36F3N5O4/c1-2-29-32(41)10-7-25-17-28(50-22-24-5-8-27(48)9-6-24)18-30(33(25)29)35-34(42)36-31(20-43-35)37(46-12-4-15-49-16-14-46)45-38(44-36)51-23-39-11-3-13-47(39)21-26(40)19-39/h1,5-10,17-18,20,26,48H,3-4,11-16,19,21-23H2/t26-,39+/m1/s1. The Kier molecular flexibility index (Phi) is 8.78. The maximum Gasteiger partial charge on any atom is 0.319 e. The first-order valence-electron chi connectivity index (χ1n) is 17.2. The summed E-state index contributed by atoms with van der Waals surface area (Å²) in [6.45, 7) is 3.70. The van der Waals surface area contributed by atoms with E-state index < -0.39 is 23.3 Å². The molecule has 5 heterocycles. The highest BCUT2D eigenvalue weighted by molar-refractivity contribution is 6.03. The van der Waals surface area contributed by atoms with Crippen LogP contribution in [0.2, 0.25) is 0 Å². The molecule has 5 aromatic rings. The van der Waals surface area contributed by atoms with E-state index in [1.54, 1.807) is 42.5 Å². The van der Waals surface area contributed by atoms with Crippen molar-refractivity contribution >= 4 is 27.5 Å². The molecule has 0 bridgehead atoms. The first-order chi connectivity index (χ1) is 24.8. The summed E-state index contributed by atoms with van der Waals surface area (Å²) in [5.74, 6) is 2.01. The highest BCUT2D eigenvalue weighted by Gasteiger charge is 2.49. The van der Waals surface area contributed by atoms with Crippen LogP contribution in [0.1, 0.15) is 36.8 Å². The highest BCUT2D eigenvalue weighted by atomic mass is 19.1. The molecule has 9 nitrogen and oxygen atoms in total. The molecule has 3 saturated heterocycles. The van der Waals surface area contributed by atoms with E-state index in [1.165, 1.54) is 12.3 Å². The van der Waals surface area contributed by atoms with Gasteiger partial charge in [0, 0.05) is 49.8 Å². The minimum absolute atomic E-state index is 0.0200. The molecule has 0 amide bonds. The molecule has 0 unspecified atom stereocenters. The van der Waals surface area contributed by atoms with Crippen molar-refractivity contribution in [1.82, 2.24) is 19.9 Å². The number of terminal acetylenes is 1. The molecule has 51 heavy (non-hydrogen) atoms. The van der Waals surface area contributed by atoms with Gasteiger partial charge in [-0.05, 0) is 67.1 Å². The summed E-state index contributed by atoms with van der Waals surface area (Å²) in [5.41, 5.74) is 0.411. The van der Waals surface area contributed by atoms with Gasteiger partial charge in [0.2, 0.25) is 0 Å². The summed E-state index contributed by atoms with van der Waals surface area (Å²) >= 11 is 0. The number of anilines is 1. The van der Waals surface area contributed by atoms with E-state index >= 15 is 8.78 Å². The van der Waals surface area contributed by atoms with E-state index in [4.69, 9.17) is 25.6 Å². The molecule has 2 aromatic heterocycles. The lowest BCUT2D eigenvalue weighted by atomic mass is 9.95. The minimum Gasteiger partial charge on any atom is -0.508 e. The van der Waals surface area contributed by atoms with Gasteiger partial charge < -0.3 is 24.2 Å². The zero-order valence-corrected chi connectivity index (χ0v) is 27.9. The van der Waals surface area contributed by atoms with Gasteiger partial charge in [-0.2, -0.15) is 9.97 Å². The van der Waals surface area contributed by atoms with E-state index in [0.29, 0.717) is 67.0 Å². The number of phenolic OH excluding ortho intramolecular Hbond substituents is 1. The van der Waals surface area contributed by atoms with Crippen LogP contribution in [-0.2, 0) is 11.3 Å². The summed E-state index contributed by atoms with van der Waals surface area (Å²) in [5, 5.41) is 10.9. The van der Waals surface area contributed by atoms with Crippen molar-refractivity contribution < 1.29 is 32.5 Å². The molecule has 2 atom stereocenters. The van der Waals surface area contributed by atoms with Gasteiger partial charge in [-0.15, -0.1) is 6.42 Å². The second-order valence-electron chi connectivity index (χ2n) is 13.4. The van der Waals surface area contributed by atoms with Gasteiger partial charge in [-0.3, -0.25) is 9.88 Å². The van der Waals surface area contributed by atoms with Crippen molar-refractivity contribution in [2.75, 3.05) is 50.9 Å². The number of fused-ring (bicyclic) bond motifs is 3. The van der Waals surface area contributed by atoms with Crippen LogP contribution in [0.25, 0.3) is 32.9 Å². The van der Waals surface area contributed by atoms with Gasteiger partial charge in [0.05, 0.1) is 23.1 Å². The largest absolute Gasteiger partial charge is 0.508 e. The third kappa shape index (κ3) is 6.25. The van der Waals surface area contributed by atoms with Crippen LogP contribution in [0.4, 0.5) is 19.0 Å². The van der Waals surface area contributed by atoms with Crippen LogP contribution in [0.3, 0.4) is 0 Å². The fourth-order valence-electron chi connectivity index (χ4n) is 7.70. The average Bonchev–Trinajstić information content (AvgIpc) is 3.52. The topological polar surface area (TPSA) is 93.1 Å². The van der Waals surface area contributed by atoms with Gasteiger partial charge in [0.25, 0.3) is 0 Å². The van der Waals surface area contributed by atoms with Gasteiger partial charge in [-0.25, -0.2) is 13.2 Å². The fourth-order valence-corrected chi connectivity index (χ4v) is 7.70. The van der Waals surface area contributed by atoms with E-state index in [-0.39, 0.29) is 47.3 Å². The van der Waals surface area contributed by atoms with Crippen molar-refractivity contribution in [3.63, 3.8) is 0 Å². The summed E-state index contributed by atoms with van der Waals surface area (Å²) < 4.78 is 64.9. The number of aromatic nitrogens is 3. The number of ether oxygens (including phenoxy) is 3. The maximum absolute atomic E-state index is 17.1. The normalized spacial score (nSPS) is 20.7. The van der Waals surface area contributed by atoms with Crippen LogP contribution in [0.5, 0.6) is 17.5 Å². The zero-order chi connectivity index (χ0) is 35.1. The number of nitrogens with zero attached hydrogens (tertiary/aromatic N) is 5. The second kappa shape index (κ2) is 13.5. The lowest BCUT2D eigenvalue weighted by Crippen LogP contribution is -2.43. The van der Waals surface area contributed by atoms with Gasteiger partial charge in [-0.1, -0.05) is 24.1 Å². The summed E-state index contributed by atoms with van der Waals surface area (Å²) in [6.07, 6.45) is 9.25. The van der Waals surface area contributed by atoms with Crippen LogP contribution in [-0.4, -0.2) is 82.7 Å². The van der Waals surface area contributed by atoms with E-state index in [0.717, 1.165) is 31.4 Å². The Morgan fingerprint density at radius 2 is 1.88 bits per heavy atom. The molecule has 262 valence electrons. The Bertz CT molecular complexity index is 2150. The number of halogens is 3. The number of hydrogen-bond acceptors (Lipinski definition) is 9. The number of rotatable bonds is 8. The molecule has 12 heteroatoms. The molecule has 3 aliphatic rings. The van der Waals surface area contributed by atoms with Crippen LogP contribution < -0.4 is 14.4 Å². The third-order valence-electron chi connectivity index (χ3n) is 10.2. The Hall–Kier alpha value is -5.12. The van der Waals surface area contributed by atoms with E-state index in [1.807, 2.05) is 4.90 Å². The molecule has 0 radical (unpaired) electrons. The van der Waals surface area contributed by atoms with Crippen molar-refractivity contribution in [3.05, 3.63) is 77.5 Å². The predicted molar refractivity (Wildman–Crippen MR) is 187 cm³/mol. The van der Waals surface area contributed by atoms with Crippen molar-refractivity contribution in [2.24, 2.45) is 0 Å². The number of phenols is 1. The molecule has 3 aromatic carbocycles. The molecular weight excluding hydrogens is 659 g/mol. The summed E-state index contributed by atoms with van der Waals surface area (Å²) in [7, 11) is 0. The first kappa shape index (κ1) is 33.0. The highest BCUT2D eigenvalue weighted by Crippen LogP contribution is 2.42. The smallest absolute Gasteiger partial charge is 0.319 e. The minimum atomic E-state index is -0.932. The molecule has 0 aliphatic carbocycles.